The smallest absolute Gasteiger partial charge is 0.207 e. The van der Waals surface area contributed by atoms with Crippen LogP contribution in [-0.4, -0.2) is 14.2 Å². The molecule has 0 aromatic heterocycles. The molecule has 3 nitrogen and oxygen atoms in total. The van der Waals surface area contributed by atoms with Crippen molar-refractivity contribution in [2.75, 3.05) is 5.75 Å². The molecule has 0 radical (unpaired) electrons. The van der Waals surface area contributed by atoms with E-state index in [4.69, 9.17) is 3.63 Å². The van der Waals surface area contributed by atoms with Gasteiger partial charge < -0.3 is 0 Å². The van der Waals surface area contributed by atoms with E-state index >= 15 is 0 Å². The van der Waals surface area contributed by atoms with Crippen molar-refractivity contribution in [1.82, 2.24) is 0 Å². The fraction of sp³-hybridized carbons (Fsp3) is 0.471. The summed E-state index contributed by atoms with van der Waals surface area (Å²) in [5, 5.41) is 0. The molecule has 0 N–H and O–H groups in total. The zero-order chi connectivity index (χ0) is 27.7. The molecule has 0 bridgehead atoms. The average molecular weight is 569 g/mol. The second kappa shape index (κ2) is 17.6. The molecule has 0 amide bonds. The highest BCUT2D eigenvalue weighted by Gasteiger charge is 2.37. The Labute approximate surface area is 240 Å². The first-order valence-corrected chi connectivity index (χ1v) is 18.1. The highest BCUT2D eigenvalue weighted by molar-refractivity contribution is 8.33. The minimum atomic E-state index is -3.76. The molecule has 5 heteroatoms. The first-order chi connectivity index (χ1) is 19.1. The van der Waals surface area contributed by atoms with Gasteiger partial charge in [-0.1, -0.05) is 145 Å². The highest BCUT2D eigenvalue weighted by Crippen LogP contribution is 2.69. The Morgan fingerprint density at radius 2 is 0.769 bits per heavy atom. The molecule has 0 aliphatic heterocycles. The molecule has 0 saturated carbocycles. The van der Waals surface area contributed by atoms with Crippen LogP contribution < -0.4 is 0 Å². The predicted molar refractivity (Wildman–Crippen MR) is 167 cm³/mol. The normalized spacial score (nSPS) is 12.4. The van der Waals surface area contributed by atoms with Crippen LogP contribution in [0, 0.1) is 0 Å². The van der Waals surface area contributed by atoms with Crippen molar-refractivity contribution in [3.63, 3.8) is 0 Å². The lowest BCUT2D eigenvalue weighted by atomic mass is 10.0. The third-order valence-electron chi connectivity index (χ3n) is 7.18. The molecule has 3 rings (SSSR count). The third-order valence-corrected chi connectivity index (χ3v) is 12.4. The molecule has 3 aromatic rings. The van der Waals surface area contributed by atoms with Crippen molar-refractivity contribution < 1.29 is 12.0 Å². The summed E-state index contributed by atoms with van der Waals surface area (Å²) in [5.74, 6) is 0.0479. The summed E-state index contributed by atoms with van der Waals surface area (Å²) in [4.78, 5) is 2.64. The molecule has 0 spiro atoms. The van der Waals surface area contributed by atoms with Crippen LogP contribution in [0.4, 0.5) is 0 Å². The van der Waals surface area contributed by atoms with E-state index in [0.717, 1.165) is 27.5 Å². The van der Waals surface area contributed by atoms with E-state index in [0.29, 0.717) is 6.42 Å². The maximum atomic E-state index is 13.5. The van der Waals surface area contributed by atoms with Gasteiger partial charge in [0.2, 0.25) is 0 Å². The molecule has 3 aromatic carbocycles. The van der Waals surface area contributed by atoms with Crippen LogP contribution in [-0.2, 0) is 13.7 Å². The van der Waals surface area contributed by atoms with Gasteiger partial charge in [-0.15, -0.1) is 0 Å². The van der Waals surface area contributed by atoms with Crippen molar-refractivity contribution in [3.05, 3.63) is 91.0 Å². The number of rotatable bonds is 20. The van der Waals surface area contributed by atoms with E-state index in [1.54, 1.807) is 0 Å². The van der Waals surface area contributed by atoms with Crippen LogP contribution in [0.15, 0.2) is 106 Å². The molecule has 0 aliphatic rings. The highest BCUT2D eigenvalue weighted by atomic mass is 32.3. The maximum absolute atomic E-state index is 13.5. The maximum Gasteiger partial charge on any atom is 0.277 e. The third kappa shape index (κ3) is 10.4. The van der Waals surface area contributed by atoms with Crippen LogP contribution in [0.5, 0.6) is 0 Å². The molecular weight excluding hydrogens is 521 g/mol. The molecule has 0 atom stereocenters. The van der Waals surface area contributed by atoms with Gasteiger partial charge in [0.25, 0.3) is 10.1 Å². The second-order valence-corrected chi connectivity index (χ2v) is 15.0. The summed E-state index contributed by atoms with van der Waals surface area (Å²) in [6.07, 6.45) is 17.3. The SMILES string of the molecule is CCCCCCCCCCCCCCCCS(=O)(=O)OS(c1ccccc1)(c1ccccc1)c1ccccc1. The lowest BCUT2D eigenvalue weighted by Crippen LogP contribution is -2.16. The summed E-state index contributed by atoms with van der Waals surface area (Å²) in [5.41, 5.74) is 0. The first-order valence-electron chi connectivity index (χ1n) is 15.0. The summed E-state index contributed by atoms with van der Waals surface area (Å²) in [7, 11) is -6.21. The van der Waals surface area contributed by atoms with Crippen LogP contribution in [0.25, 0.3) is 0 Å². The molecule has 0 aliphatic carbocycles. The summed E-state index contributed by atoms with van der Waals surface area (Å²) >= 11 is 0. The number of benzene rings is 3. The minimum Gasteiger partial charge on any atom is -0.207 e. The number of hydrogen-bond donors (Lipinski definition) is 0. The minimum absolute atomic E-state index is 0.0479. The van der Waals surface area contributed by atoms with Gasteiger partial charge in [0.1, 0.15) is 0 Å². The monoisotopic (exact) mass is 568 g/mol. The van der Waals surface area contributed by atoms with E-state index in [9.17, 15) is 8.42 Å². The van der Waals surface area contributed by atoms with Crippen molar-refractivity contribution >= 4 is 20.4 Å². The fourth-order valence-corrected chi connectivity index (χ4v) is 10.5. The van der Waals surface area contributed by atoms with Crippen molar-refractivity contribution in [3.8, 4) is 0 Å². The molecule has 39 heavy (non-hydrogen) atoms. The van der Waals surface area contributed by atoms with Crippen molar-refractivity contribution in [1.29, 1.82) is 0 Å². The Morgan fingerprint density at radius 3 is 1.10 bits per heavy atom. The Balaban J connectivity index is 1.53. The van der Waals surface area contributed by atoms with Crippen molar-refractivity contribution in [2.24, 2.45) is 0 Å². The van der Waals surface area contributed by atoms with Gasteiger partial charge in [0.05, 0.1) is 5.75 Å². The Kier molecular flexibility index (Phi) is 14.2. The topological polar surface area (TPSA) is 43.4 Å². The van der Waals surface area contributed by atoms with E-state index < -0.39 is 20.4 Å². The van der Waals surface area contributed by atoms with Crippen LogP contribution in [0.3, 0.4) is 0 Å². The second-order valence-electron chi connectivity index (χ2n) is 10.4. The fourth-order valence-electron chi connectivity index (χ4n) is 5.03. The van der Waals surface area contributed by atoms with Gasteiger partial charge in [0.15, 0.2) is 0 Å². The molecule has 0 heterocycles. The standard InChI is InChI=1S/C34H48O3S2/c1-2-3-4-5-6-7-8-9-10-11-12-13-14-24-31-38(35,36)37-39(32-25-18-15-19-26-32,33-27-20-16-21-28-33)34-29-22-17-23-30-34/h15-23,25-30H,2-14,24,31H2,1H3. The van der Waals surface area contributed by atoms with Crippen LogP contribution >= 0.6 is 10.3 Å². The van der Waals surface area contributed by atoms with Gasteiger partial charge in [-0.3, -0.25) is 0 Å². The van der Waals surface area contributed by atoms with Gasteiger partial charge >= 0.3 is 0 Å². The quantitative estimate of drug-likeness (QED) is 0.127. The van der Waals surface area contributed by atoms with E-state index in [1.807, 2.05) is 91.0 Å². The van der Waals surface area contributed by atoms with Gasteiger partial charge in [-0.25, -0.2) is 3.63 Å². The number of unbranched alkanes of at least 4 members (excludes halogenated alkanes) is 13. The molecule has 214 valence electrons. The molecule has 0 fully saturated rings. The van der Waals surface area contributed by atoms with Gasteiger partial charge in [-0.2, -0.15) is 8.42 Å². The lowest BCUT2D eigenvalue weighted by Gasteiger charge is -2.39. The summed E-state index contributed by atoms with van der Waals surface area (Å²) in [6, 6.07) is 29.5. The average Bonchev–Trinajstić information content (AvgIpc) is 2.97. The zero-order valence-corrected chi connectivity index (χ0v) is 25.4. The first kappa shape index (κ1) is 31.4. The molecular formula is C34H48O3S2. The van der Waals surface area contributed by atoms with Gasteiger partial charge in [0, 0.05) is 14.7 Å². The molecule has 0 saturated heterocycles. The Bertz CT molecular complexity index is 1040. The number of hydrogen-bond acceptors (Lipinski definition) is 3. The van der Waals surface area contributed by atoms with E-state index in [-0.39, 0.29) is 5.75 Å². The zero-order valence-electron chi connectivity index (χ0n) is 23.8. The van der Waals surface area contributed by atoms with Crippen LogP contribution in [0.2, 0.25) is 0 Å². The van der Waals surface area contributed by atoms with Gasteiger partial charge in [-0.05, 0) is 53.1 Å². The van der Waals surface area contributed by atoms with Crippen molar-refractivity contribution in [2.45, 2.75) is 112 Å². The Hall–Kier alpha value is -2.08. The van der Waals surface area contributed by atoms with Crippen LogP contribution in [0.1, 0.15) is 96.8 Å². The largest absolute Gasteiger partial charge is 0.277 e. The predicted octanol–water partition coefficient (Wildman–Crippen LogP) is 10.7. The van der Waals surface area contributed by atoms with E-state index in [1.165, 1.54) is 70.6 Å². The molecule has 0 unspecified atom stereocenters. The lowest BCUT2D eigenvalue weighted by molar-refractivity contribution is 0.501. The Morgan fingerprint density at radius 1 is 0.462 bits per heavy atom. The summed E-state index contributed by atoms with van der Waals surface area (Å²) in [6.45, 7) is 2.27. The van der Waals surface area contributed by atoms with E-state index in [2.05, 4.69) is 6.92 Å². The summed E-state index contributed by atoms with van der Waals surface area (Å²) < 4.78 is 33.3.